The van der Waals surface area contributed by atoms with Gasteiger partial charge >= 0.3 is 0 Å². The van der Waals surface area contributed by atoms with E-state index in [1.807, 2.05) is 35.0 Å². The number of hydrogen-bond acceptors (Lipinski definition) is 6. The van der Waals surface area contributed by atoms with Crippen molar-refractivity contribution < 1.29 is 23.1 Å². The second-order valence-corrected chi connectivity index (χ2v) is 10.1. The van der Waals surface area contributed by atoms with Crippen molar-refractivity contribution in [3.05, 3.63) is 41.6 Å². The smallest absolute Gasteiger partial charge is 0.290 e. The zero-order valence-corrected chi connectivity index (χ0v) is 18.3. The van der Waals surface area contributed by atoms with Crippen molar-refractivity contribution in [3.63, 3.8) is 0 Å². The Labute approximate surface area is 182 Å². The maximum atomic E-state index is 12.8. The molecule has 9 nitrogen and oxygen atoms in total. The van der Waals surface area contributed by atoms with Crippen LogP contribution in [0.4, 0.5) is 0 Å². The molecule has 2 aliphatic rings. The third-order valence-corrected chi connectivity index (χ3v) is 7.58. The predicted molar refractivity (Wildman–Crippen MR) is 116 cm³/mol. The minimum atomic E-state index is -2.94. The Morgan fingerprint density at radius 2 is 1.97 bits per heavy atom. The second-order valence-electron chi connectivity index (χ2n) is 7.85. The number of carbonyl (C=O) groups is 2. The van der Waals surface area contributed by atoms with E-state index in [2.05, 4.69) is 22.3 Å². The van der Waals surface area contributed by atoms with Gasteiger partial charge in [-0.15, -0.1) is 0 Å². The molecule has 1 unspecified atom stereocenters. The number of sulfone groups is 1. The molecule has 2 N–H and O–H groups in total. The topological polar surface area (TPSA) is 124 Å². The van der Waals surface area contributed by atoms with Crippen LogP contribution in [-0.4, -0.2) is 90.1 Å². The fraction of sp³-hybridized carbons (Fsp3) is 0.476. The van der Waals surface area contributed by atoms with Crippen LogP contribution in [0.15, 0.2) is 30.3 Å². The fourth-order valence-electron chi connectivity index (χ4n) is 4.13. The van der Waals surface area contributed by atoms with Crippen molar-refractivity contribution in [2.45, 2.75) is 25.3 Å². The van der Waals surface area contributed by atoms with Gasteiger partial charge in [-0.2, -0.15) is 5.10 Å². The number of amides is 1. The molecule has 1 aromatic heterocycles. The van der Waals surface area contributed by atoms with Crippen LogP contribution in [0.2, 0.25) is 0 Å². The highest BCUT2D eigenvalue weighted by molar-refractivity contribution is 7.91. The van der Waals surface area contributed by atoms with Crippen molar-refractivity contribution in [1.82, 2.24) is 20.0 Å². The molecule has 2 aromatic rings. The largest absolute Gasteiger partial charge is 0.483 e. The number of aromatic nitrogens is 2. The van der Waals surface area contributed by atoms with E-state index in [1.165, 1.54) is 5.56 Å². The van der Waals surface area contributed by atoms with E-state index in [1.54, 1.807) is 0 Å². The van der Waals surface area contributed by atoms with Gasteiger partial charge in [-0.05, 0) is 19.9 Å². The summed E-state index contributed by atoms with van der Waals surface area (Å²) in [7, 11) is -1.10. The van der Waals surface area contributed by atoms with Gasteiger partial charge in [0.25, 0.3) is 6.47 Å². The summed E-state index contributed by atoms with van der Waals surface area (Å²) in [4.78, 5) is 25.0. The van der Waals surface area contributed by atoms with Crippen LogP contribution in [0.5, 0.6) is 0 Å². The lowest BCUT2D eigenvalue weighted by Gasteiger charge is -2.27. The van der Waals surface area contributed by atoms with Crippen molar-refractivity contribution in [2.24, 2.45) is 0 Å². The molecule has 168 valence electrons. The average molecular weight is 449 g/mol. The predicted octanol–water partition coefficient (Wildman–Crippen LogP) is 0.824. The van der Waals surface area contributed by atoms with Gasteiger partial charge in [0.05, 0.1) is 23.7 Å². The first-order chi connectivity index (χ1) is 14.8. The van der Waals surface area contributed by atoms with Crippen molar-refractivity contribution in [2.75, 3.05) is 38.2 Å². The molecule has 1 aromatic carbocycles. The molecule has 31 heavy (non-hydrogen) atoms. The van der Waals surface area contributed by atoms with Gasteiger partial charge in [-0.25, -0.2) is 8.42 Å². The SMILES string of the molecule is CN(CC(=O)N1CCc2[nH]nc(-c3ccccc3)c2CC1)C1CCS(=O)(=O)C1.O=CO. The maximum absolute atomic E-state index is 12.8. The van der Waals surface area contributed by atoms with Gasteiger partial charge < -0.3 is 10.0 Å². The summed E-state index contributed by atoms with van der Waals surface area (Å²) in [5.41, 5.74) is 4.35. The molecule has 1 atom stereocenters. The highest BCUT2D eigenvalue weighted by Gasteiger charge is 2.32. The molecule has 0 spiro atoms. The van der Waals surface area contributed by atoms with E-state index in [9.17, 15) is 13.2 Å². The molecule has 1 amide bonds. The third kappa shape index (κ3) is 5.71. The van der Waals surface area contributed by atoms with Crippen molar-refractivity contribution in [1.29, 1.82) is 0 Å². The highest BCUT2D eigenvalue weighted by atomic mass is 32.2. The standard InChI is InChI=1S/C20H26N4O3S.CH2O2/c1-23(16-9-12-28(26,27)14-16)13-19(25)24-10-7-17-18(8-11-24)21-22-20(17)15-5-3-2-4-6-15;2-1-3/h2-6,16H,7-14H2,1H3,(H,21,22);1H,(H,2,3). The Kier molecular flexibility index (Phi) is 7.45. The number of H-pyrrole nitrogens is 1. The number of nitrogens with zero attached hydrogens (tertiary/aromatic N) is 3. The number of carbonyl (C=O) groups excluding carboxylic acids is 1. The van der Waals surface area contributed by atoms with Crippen LogP contribution in [0.25, 0.3) is 11.3 Å². The number of carboxylic acid groups (broad SMARTS) is 1. The van der Waals surface area contributed by atoms with Crippen molar-refractivity contribution >= 4 is 22.2 Å². The van der Waals surface area contributed by atoms with E-state index < -0.39 is 9.84 Å². The first-order valence-electron chi connectivity index (χ1n) is 10.2. The van der Waals surface area contributed by atoms with E-state index >= 15 is 0 Å². The molecule has 10 heteroatoms. The monoisotopic (exact) mass is 448 g/mol. The Hall–Kier alpha value is -2.72. The Bertz CT molecular complexity index is 1010. The van der Waals surface area contributed by atoms with Gasteiger partial charge in [0.1, 0.15) is 0 Å². The Balaban J connectivity index is 0.000000858. The minimum absolute atomic E-state index is 0.0532. The zero-order chi connectivity index (χ0) is 22.4. The lowest BCUT2D eigenvalue weighted by atomic mass is 10.0. The number of aromatic amines is 1. The van der Waals surface area contributed by atoms with E-state index in [0.29, 0.717) is 19.5 Å². The molecule has 0 aliphatic carbocycles. The Morgan fingerprint density at radius 3 is 2.61 bits per heavy atom. The number of hydrogen-bond donors (Lipinski definition) is 2. The van der Waals surface area contributed by atoms with Crippen LogP contribution < -0.4 is 0 Å². The van der Waals surface area contributed by atoms with Crippen LogP contribution in [0, 0.1) is 0 Å². The van der Waals surface area contributed by atoms with Gasteiger partial charge in [0.15, 0.2) is 9.84 Å². The number of fused-ring (bicyclic) bond motifs is 1. The zero-order valence-electron chi connectivity index (χ0n) is 17.5. The first-order valence-corrected chi connectivity index (χ1v) is 12.0. The van der Waals surface area contributed by atoms with Crippen molar-refractivity contribution in [3.8, 4) is 11.3 Å². The molecule has 0 saturated carbocycles. The molecule has 2 aliphatic heterocycles. The number of nitrogens with one attached hydrogen (secondary N) is 1. The van der Waals surface area contributed by atoms with E-state index in [4.69, 9.17) is 9.90 Å². The molecule has 0 bridgehead atoms. The third-order valence-electron chi connectivity index (χ3n) is 5.83. The highest BCUT2D eigenvalue weighted by Crippen LogP contribution is 2.26. The second kappa shape index (κ2) is 10.1. The molecular formula is C21H28N4O5S. The molecule has 0 radical (unpaired) electrons. The summed E-state index contributed by atoms with van der Waals surface area (Å²) in [6.07, 6.45) is 2.13. The van der Waals surface area contributed by atoms with E-state index in [0.717, 1.165) is 29.8 Å². The maximum Gasteiger partial charge on any atom is 0.290 e. The van der Waals surface area contributed by atoms with Crippen LogP contribution in [0.1, 0.15) is 17.7 Å². The summed E-state index contributed by atoms with van der Waals surface area (Å²) in [5.74, 6) is 0.447. The lowest BCUT2D eigenvalue weighted by molar-refractivity contribution is -0.132. The fourth-order valence-corrected chi connectivity index (χ4v) is 5.94. The summed E-state index contributed by atoms with van der Waals surface area (Å²) in [6, 6.07) is 10.0. The number of likely N-dealkylation sites (N-methyl/N-ethyl adjacent to an activating group) is 1. The van der Waals surface area contributed by atoms with Crippen LogP contribution in [-0.2, 0) is 32.3 Å². The van der Waals surface area contributed by atoms with Crippen LogP contribution >= 0.6 is 0 Å². The van der Waals surface area contributed by atoms with E-state index in [-0.39, 0.29) is 36.5 Å². The summed E-state index contributed by atoms with van der Waals surface area (Å²) >= 11 is 0. The van der Waals surface area contributed by atoms with Gasteiger partial charge in [-0.3, -0.25) is 19.6 Å². The molecule has 1 fully saturated rings. The molecule has 1 saturated heterocycles. The van der Waals surface area contributed by atoms with Gasteiger partial charge in [-0.1, -0.05) is 30.3 Å². The van der Waals surface area contributed by atoms with Crippen LogP contribution in [0.3, 0.4) is 0 Å². The minimum Gasteiger partial charge on any atom is -0.483 e. The lowest BCUT2D eigenvalue weighted by Crippen LogP contribution is -2.44. The van der Waals surface area contributed by atoms with Gasteiger partial charge in [0, 0.05) is 42.4 Å². The molecular weight excluding hydrogens is 420 g/mol. The molecule has 4 rings (SSSR count). The quantitative estimate of drug-likeness (QED) is 0.664. The number of rotatable bonds is 4. The molecule has 3 heterocycles. The normalized spacial score (nSPS) is 19.8. The first kappa shape index (κ1) is 23.0. The van der Waals surface area contributed by atoms with Gasteiger partial charge in [0.2, 0.25) is 5.91 Å². The summed E-state index contributed by atoms with van der Waals surface area (Å²) in [6.45, 7) is 1.32. The average Bonchev–Trinajstić information content (AvgIpc) is 3.25. The summed E-state index contributed by atoms with van der Waals surface area (Å²) < 4.78 is 23.4. The Morgan fingerprint density at radius 1 is 1.29 bits per heavy atom. The number of benzene rings is 1. The summed E-state index contributed by atoms with van der Waals surface area (Å²) in [5, 5.41) is 14.5.